The van der Waals surface area contributed by atoms with Gasteiger partial charge in [-0.2, -0.15) is 5.10 Å². The Balaban J connectivity index is 2.20. The summed E-state index contributed by atoms with van der Waals surface area (Å²) in [5.74, 6) is 6.04. The molecule has 0 saturated carbocycles. The molecule has 0 radical (unpaired) electrons. The zero-order valence-corrected chi connectivity index (χ0v) is 8.76. The average Bonchev–Trinajstić information content (AvgIpc) is 2.35. The van der Waals surface area contributed by atoms with Gasteiger partial charge in [0.15, 0.2) is 5.84 Å². The van der Waals surface area contributed by atoms with Crippen LogP contribution in [0.2, 0.25) is 0 Å². The molecule has 0 spiro atoms. The number of hydrogen-bond acceptors (Lipinski definition) is 3. The molecule has 4 N–H and O–H groups in total. The van der Waals surface area contributed by atoms with Crippen LogP contribution in [0, 0.1) is 0 Å². The Labute approximate surface area is 93.5 Å². The number of hydrazone groups is 1. The predicted octanol–water partition coefficient (Wildman–Crippen LogP) is 1.45. The van der Waals surface area contributed by atoms with Gasteiger partial charge in [-0.3, -0.25) is 0 Å². The van der Waals surface area contributed by atoms with Gasteiger partial charge in [0, 0.05) is 0 Å². The van der Waals surface area contributed by atoms with Crippen molar-refractivity contribution in [3.8, 4) is 5.75 Å². The van der Waals surface area contributed by atoms with Gasteiger partial charge in [-0.25, -0.2) is 0 Å². The van der Waals surface area contributed by atoms with Crippen LogP contribution in [-0.2, 0) is 0 Å². The molecule has 0 aliphatic heterocycles. The maximum Gasteiger partial charge on any atom is 0.157 e. The Morgan fingerprint density at radius 2 is 1.88 bits per heavy atom. The summed E-state index contributed by atoms with van der Waals surface area (Å²) in [6, 6.07) is 13.9. The van der Waals surface area contributed by atoms with E-state index in [0.717, 1.165) is 11.1 Å². The molecule has 2 aromatic carbocycles. The highest BCUT2D eigenvalue weighted by Gasteiger charge is 1.98. The van der Waals surface area contributed by atoms with E-state index >= 15 is 0 Å². The molecule has 0 aromatic heterocycles. The van der Waals surface area contributed by atoms with Crippen LogP contribution < -0.4 is 16.3 Å². The molecule has 0 atom stereocenters. The van der Waals surface area contributed by atoms with Gasteiger partial charge in [-0.15, -0.1) is 0 Å². The lowest BCUT2D eigenvalue weighted by Crippen LogP contribution is -2.22. The molecule has 4 heteroatoms. The van der Waals surface area contributed by atoms with Crippen LogP contribution >= 0.6 is 0 Å². The normalized spacial score (nSPS) is 11.6. The highest BCUT2D eigenvalue weighted by Crippen LogP contribution is 2.20. The fourth-order valence-corrected chi connectivity index (χ4v) is 1.45. The van der Waals surface area contributed by atoms with Gasteiger partial charge in [-0.1, -0.05) is 30.3 Å². The molecule has 0 fully saturated rings. The van der Waals surface area contributed by atoms with Gasteiger partial charge in [0.1, 0.15) is 12.4 Å². The molecule has 0 aliphatic rings. The second-order valence-corrected chi connectivity index (χ2v) is 3.42. The first-order chi connectivity index (χ1) is 7.79. The van der Waals surface area contributed by atoms with E-state index in [2.05, 4.69) is 11.2 Å². The number of nitrogens with two attached hydrogens (primary N) is 2. The second kappa shape index (κ2) is 4.53. The van der Waals surface area contributed by atoms with E-state index in [1.807, 2.05) is 36.4 Å². The molecular weight excluding hydrogens is 202 g/mol. The SMILES string of the molecule is N/N=C(\N)COc1ccc2ccccc2c1. The first kappa shape index (κ1) is 10.3. The van der Waals surface area contributed by atoms with Crippen molar-refractivity contribution >= 4 is 16.6 Å². The molecule has 2 rings (SSSR count). The van der Waals surface area contributed by atoms with Crippen molar-refractivity contribution in [2.24, 2.45) is 16.7 Å². The van der Waals surface area contributed by atoms with Gasteiger partial charge < -0.3 is 16.3 Å². The average molecular weight is 215 g/mol. The second-order valence-electron chi connectivity index (χ2n) is 3.42. The molecule has 0 bridgehead atoms. The molecule has 82 valence electrons. The summed E-state index contributed by atoms with van der Waals surface area (Å²) in [5.41, 5.74) is 5.43. The maximum atomic E-state index is 5.43. The molecule has 16 heavy (non-hydrogen) atoms. The lowest BCUT2D eigenvalue weighted by Gasteiger charge is -2.06. The number of benzene rings is 2. The number of rotatable bonds is 3. The minimum atomic E-state index is 0.203. The number of nitrogens with zero attached hydrogens (tertiary/aromatic N) is 1. The summed E-state index contributed by atoms with van der Waals surface area (Å²) < 4.78 is 5.43. The van der Waals surface area contributed by atoms with Crippen molar-refractivity contribution in [2.45, 2.75) is 0 Å². The number of ether oxygens (including phenoxy) is 1. The number of amidine groups is 1. The smallest absolute Gasteiger partial charge is 0.157 e. The fraction of sp³-hybridized carbons (Fsp3) is 0.0833. The summed E-state index contributed by atoms with van der Waals surface area (Å²) in [5, 5.41) is 5.64. The summed E-state index contributed by atoms with van der Waals surface area (Å²) in [4.78, 5) is 0. The molecule has 2 aromatic rings. The Morgan fingerprint density at radius 3 is 2.62 bits per heavy atom. The summed E-state index contributed by atoms with van der Waals surface area (Å²) in [6.45, 7) is 0.203. The summed E-state index contributed by atoms with van der Waals surface area (Å²) in [7, 11) is 0. The highest BCUT2D eigenvalue weighted by atomic mass is 16.5. The molecule has 0 amide bonds. The first-order valence-corrected chi connectivity index (χ1v) is 4.93. The van der Waals surface area contributed by atoms with Gasteiger partial charge >= 0.3 is 0 Å². The fourth-order valence-electron chi connectivity index (χ4n) is 1.45. The van der Waals surface area contributed by atoms with E-state index in [0.29, 0.717) is 0 Å². The van der Waals surface area contributed by atoms with Crippen molar-refractivity contribution in [1.82, 2.24) is 0 Å². The molecule has 0 heterocycles. The van der Waals surface area contributed by atoms with Crippen LogP contribution in [0.1, 0.15) is 0 Å². The van der Waals surface area contributed by atoms with Crippen LogP contribution in [-0.4, -0.2) is 12.4 Å². The largest absolute Gasteiger partial charge is 0.486 e. The Bertz CT molecular complexity index is 522. The van der Waals surface area contributed by atoms with E-state index < -0.39 is 0 Å². The van der Waals surface area contributed by atoms with Gasteiger partial charge in [0.25, 0.3) is 0 Å². The monoisotopic (exact) mass is 215 g/mol. The minimum absolute atomic E-state index is 0.203. The molecular formula is C12H13N3O. The topological polar surface area (TPSA) is 73.6 Å². The van der Waals surface area contributed by atoms with Crippen molar-refractivity contribution in [1.29, 1.82) is 0 Å². The zero-order chi connectivity index (χ0) is 11.4. The Hall–Kier alpha value is -2.23. The lowest BCUT2D eigenvalue weighted by molar-refractivity contribution is 0.375. The van der Waals surface area contributed by atoms with E-state index in [1.54, 1.807) is 0 Å². The van der Waals surface area contributed by atoms with E-state index in [-0.39, 0.29) is 12.4 Å². The quantitative estimate of drug-likeness (QED) is 0.352. The van der Waals surface area contributed by atoms with Crippen LogP contribution in [0.5, 0.6) is 5.75 Å². The number of fused-ring (bicyclic) bond motifs is 1. The van der Waals surface area contributed by atoms with E-state index in [4.69, 9.17) is 16.3 Å². The van der Waals surface area contributed by atoms with E-state index in [9.17, 15) is 0 Å². The third-order valence-corrected chi connectivity index (χ3v) is 2.27. The van der Waals surface area contributed by atoms with Crippen LogP contribution in [0.25, 0.3) is 10.8 Å². The van der Waals surface area contributed by atoms with Crippen molar-refractivity contribution in [2.75, 3.05) is 6.61 Å². The third-order valence-electron chi connectivity index (χ3n) is 2.27. The van der Waals surface area contributed by atoms with Crippen LogP contribution in [0.15, 0.2) is 47.6 Å². The molecule has 0 saturated heterocycles. The Kier molecular flexibility index (Phi) is 2.91. The lowest BCUT2D eigenvalue weighted by atomic mass is 10.1. The van der Waals surface area contributed by atoms with Crippen molar-refractivity contribution in [3.63, 3.8) is 0 Å². The highest BCUT2D eigenvalue weighted by molar-refractivity contribution is 5.84. The van der Waals surface area contributed by atoms with Gasteiger partial charge in [0.2, 0.25) is 0 Å². The van der Waals surface area contributed by atoms with Crippen molar-refractivity contribution < 1.29 is 4.74 Å². The standard InChI is InChI=1S/C12H13N3O/c13-12(15-14)8-16-11-6-5-9-3-1-2-4-10(9)7-11/h1-7H,8,14H2,(H2,13,15). The predicted molar refractivity (Wildman–Crippen MR) is 65.3 cm³/mol. The summed E-state index contributed by atoms with van der Waals surface area (Å²) in [6.07, 6.45) is 0. The summed E-state index contributed by atoms with van der Waals surface area (Å²) >= 11 is 0. The molecule has 0 unspecified atom stereocenters. The van der Waals surface area contributed by atoms with Gasteiger partial charge in [0.05, 0.1) is 0 Å². The zero-order valence-electron chi connectivity index (χ0n) is 8.76. The van der Waals surface area contributed by atoms with Crippen LogP contribution in [0.4, 0.5) is 0 Å². The maximum absolute atomic E-state index is 5.43. The van der Waals surface area contributed by atoms with Crippen LogP contribution in [0.3, 0.4) is 0 Å². The Morgan fingerprint density at radius 1 is 1.12 bits per heavy atom. The van der Waals surface area contributed by atoms with Crippen molar-refractivity contribution in [3.05, 3.63) is 42.5 Å². The minimum Gasteiger partial charge on any atom is -0.486 e. The first-order valence-electron chi connectivity index (χ1n) is 4.93. The van der Waals surface area contributed by atoms with Gasteiger partial charge in [-0.05, 0) is 22.9 Å². The molecule has 0 aliphatic carbocycles. The number of hydrogen-bond donors (Lipinski definition) is 2. The third kappa shape index (κ3) is 2.23. The molecule has 4 nitrogen and oxygen atoms in total. The van der Waals surface area contributed by atoms with E-state index in [1.165, 1.54) is 5.39 Å².